The summed E-state index contributed by atoms with van der Waals surface area (Å²) in [6, 6.07) is 13.7. The number of hydrogen-bond acceptors (Lipinski definition) is 5. The standard InChI is InChI=1S/C21H17NO5/c1-25-13-9-12(10-14(11-13)26-2)22-20(23)16-6-4-5-15-18(27-3)8-7-17(19(15)16)21(22)24/h4-11H,1-3H3. The molecule has 0 saturated carbocycles. The van der Waals surface area contributed by atoms with E-state index in [0.29, 0.717) is 39.4 Å². The number of rotatable bonds is 4. The average Bonchev–Trinajstić information content (AvgIpc) is 2.71. The summed E-state index contributed by atoms with van der Waals surface area (Å²) in [5.41, 5.74) is 1.28. The van der Waals surface area contributed by atoms with Crippen LogP contribution in [0.15, 0.2) is 48.5 Å². The van der Waals surface area contributed by atoms with Crippen molar-refractivity contribution >= 4 is 28.3 Å². The third kappa shape index (κ3) is 2.49. The summed E-state index contributed by atoms with van der Waals surface area (Å²) in [5.74, 6) is 0.795. The van der Waals surface area contributed by atoms with Crippen molar-refractivity contribution < 1.29 is 23.8 Å². The Kier molecular flexibility index (Phi) is 3.96. The van der Waals surface area contributed by atoms with Gasteiger partial charge in [-0.3, -0.25) is 9.59 Å². The minimum absolute atomic E-state index is 0.389. The molecule has 1 aliphatic rings. The summed E-state index contributed by atoms with van der Waals surface area (Å²) in [6.45, 7) is 0. The molecule has 1 heterocycles. The Hall–Kier alpha value is -3.54. The number of nitrogens with zero attached hydrogens (tertiary/aromatic N) is 1. The Morgan fingerprint density at radius 2 is 1.37 bits per heavy atom. The zero-order valence-electron chi connectivity index (χ0n) is 15.1. The second-order valence-corrected chi connectivity index (χ2v) is 6.06. The number of methoxy groups -OCH3 is 3. The lowest BCUT2D eigenvalue weighted by Crippen LogP contribution is -2.40. The van der Waals surface area contributed by atoms with Gasteiger partial charge in [0.25, 0.3) is 11.8 Å². The van der Waals surface area contributed by atoms with Crippen LogP contribution in [-0.2, 0) is 0 Å². The van der Waals surface area contributed by atoms with E-state index >= 15 is 0 Å². The quantitative estimate of drug-likeness (QED) is 0.662. The number of carbonyl (C=O) groups is 2. The minimum Gasteiger partial charge on any atom is -0.497 e. The van der Waals surface area contributed by atoms with E-state index in [1.807, 2.05) is 6.07 Å². The molecule has 0 unspecified atom stereocenters. The van der Waals surface area contributed by atoms with Gasteiger partial charge in [-0.1, -0.05) is 12.1 Å². The van der Waals surface area contributed by atoms with Gasteiger partial charge >= 0.3 is 0 Å². The summed E-state index contributed by atoms with van der Waals surface area (Å²) in [4.78, 5) is 27.5. The zero-order valence-corrected chi connectivity index (χ0v) is 15.1. The minimum atomic E-state index is -0.401. The van der Waals surface area contributed by atoms with Crippen LogP contribution in [0.1, 0.15) is 20.7 Å². The maximum atomic E-state index is 13.2. The van der Waals surface area contributed by atoms with Crippen LogP contribution in [0.4, 0.5) is 5.69 Å². The van der Waals surface area contributed by atoms with E-state index in [4.69, 9.17) is 14.2 Å². The number of carbonyl (C=O) groups excluding carboxylic acids is 2. The third-order valence-electron chi connectivity index (χ3n) is 4.68. The maximum absolute atomic E-state index is 13.2. The summed E-state index contributed by atoms with van der Waals surface area (Å²) in [5, 5.41) is 1.34. The van der Waals surface area contributed by atoms with E-state index < -0.39 is 11.8 Å². The van der Waals surface area contributed by atoms with Crippen LogP contribution < -0.4 is 19.1 Å². The number of ether oxygens (including phenoxy) is 3. The Labute approximate surface area is 155 Å². The van der Waals surface area contributed by atoms with Gasteiger partial charge in [0.05, 0.1) is 27.0 Å². The molecule has 3 aromatic carbocycles. The molecule has 0 N–H and O–H groups in total. The van der Waals surface area contributed by atoms with Crippen LogP contribution in [-0.4, -0.2) is 33.1 Å². The second kappa shape index (κ2) is 6.32. The largest absolute Gasteiger partial charge is 0.497 e. The number of hydrogen-bond donors (Lipinski definition) is 0. The van der Waals surface area contributed by atoms with Gasteiger partial charge in [0.1, 0.15) is 17.2 Å². The van der Waals surface area contributed by atoms with Gasteiger partial charge in [-0.05, 0) is 18.2 Å². The smallest absolute Gasteiger partial charge is 0.265 e. The molecule has 0 saturated heterocycles. The SMILES string of the molecule is COc1cc(OC)cc(N2C(=O)c3cccc4c(OC)ccc(c34)C2=O)c1. The summed E-state index contributed by atoms with van der Waals surface area (Å²) < 4.78 is 15.9. The van der Waals surface area contributed by atoms with Crippen LogP contribution >= 0.6 is 0 Å². The molecule has 2 amide bonds. The Balaban J connectivity index is 1.95. The molecule has 0 fully saturated rings. The Bertz CT molecular complexity index is 1040. The van der Waals surface area contributed by atoms with Gasteiger partial charge in [-0.15, -0.1) is 0 Å². The first-order chi connectivity index (χ1) is 13.1. The zero-order chi connectivity index (χ0) is 19.1. The highest BCUT2D eigenvalue weighted by Gasteiger charge is 2.35. The van der Waals surface area contributed by atoms with Crippen molar-refractivity contribution in [1.29, 1.82) is 0 Å². The predicted octanol–water partition coefficient (Wildman–Crippen LogP) is 3.67. The van der Waals surface area contributed by atoms with Crippen LogP contribution in [0.2, 0.25) is 0 Å². The molecular formula is C21H17NO5. The summed E-state index contributed by atoms with van der Waals surface area (Å²) in [6.07, 6.45) is 0. The molecule has 0 atom stereocenters. The number of amides is 2. The van der Waals surface area contributed by atoms with Gasteiger partial charge in [0.15, 0.2) is 0 Å². The number of imide groups is 1. The van der Waals surface area contributed by atoms with E-state index in [1.54, 1.807) is 49.6 Å². The summed E-state index contributed by atoms with van der Waals surface area (Å²) in [7, 11) is 4.59. The molecule has 4 rings (SSSR count). The number of anilines is 1. The van der Waals surface area contributed by atoms with E-state index in [1.165, 1.54) is 14.2 Å². The Morgan fingerprint density at radius 1 is 0.741 bits per heavy atom. The molecule has 0 radical (unpaired) electrons. The molecule has 3 aromatic rings. The molecule has 0 aromatic heterocycles. The first-order valence-corrected chi connectivity index (χ1v) is 8.30. The van der Waals surface area contributed by atoms with Crippen molar-refractivity contribution in [1.82, 2.24) is 0 Å². The lowest BCUT2D eigenvalue weighted by molar-refractivity contribution is 0.0893. The van der Waals surface area contributed by atoms with Crippen molar-refractivity contribution in [3.63, 3.8) is 0 Å². The fraction of sp³-hybridized carbons (Fsp3) is 0.143. The Morgan fingerprint density at radius 3 is 1.96 bits per heavy atom. The molecule has 6 heteroatoms. The molecular weight excluding hydrogens is 346 g/mol. The molecule has 0 spiro atoms. The van der Waals surface area contributed by atoms with Gasteiger partial charge in [-0.2, -0.15) is 0 Å². The fourth-order valence-corrected chi connectivity index (χ4v) is 3.40. The highest BCUT2D eigenvalue weighted by molar-refractivity contribution is 6.36. The number of benzene rings is 3. The van der Waals surface area contributed by atoms with Crippen molar-refractivity contribution in [3.8, 4) is 17.2 Å². The molecule has 27 heavy (non-hydrogen) atoms. The second-order valence-electron chi connectivity index (χ2n) is 6.06. The summed E-state index contributed by atoms with van der Waals surface area (Å²) >= 11 is 0. The molecule has 6 nitrogen and oxygen atoms in total. The predicted molar refractivity (Wildman–Crippen MR) is 101 cm³/mol. The monoisotopic (exact) mass is 363 g/mol. The highest BCUT2D eigenvalue weighted by atomic mass is 16.5. The van der Waals surface area contributed by atoms with Crippen molar-refractivity contribution in [3.05, 3.63) is 59.7 Å². The first kappa shape index (κ1) is 16.9. The van der Waals surface area contributed by atoms with Crippen LogP contribution in [0.3, 0.4) is 0 Å². The maximum Gasteiger partial charge on any atom is 0.265 e. The van der Waals surface area contributed by atoms with Crippen molar-refractivity contribution in [2.24, 2.45) is 0 Å². The lowest BCUT2D eigenvalue weighted by atomic mass is 9.93. The lowest BCUT2D eigenvalue weighted by Gasteiger charge is -2.28. The normalized spacial score (nSPS) is 13.1. The van der Waals surface area contributed by atoms with Gasteiger partial charge in [0.2, 0.25) is 0 Å². The molecule has 1 aliphatic heterocycles. The molecule has 0 aliphatic carbocycles. The third-order valence-corrected chi connectivity index (χ3v) is 4.68. The van der Waals surface area contributed by atoms with E-state index in [0.717, 1.165) is 10.3 Å². The van der Waals surface area contributed by atoms with E-state index in [2.05, 4.69) is 0 Å². The van der Waals surface area contributed by atoms with E-state index in [-0.39, 0.29) is 0 Å². The topological polar surface area (TPSA) is 65.1 Å². The van der Waals surface area contributed by atoms with Crippen LogP contribution in [0.5, 0.6) is 17.2 Å². The van der Waals surface area contributed by atoms with Crippen molar-refractivity contribution in [2.45, 2.75) is 0 Å². The van der Waals surface area contributed by atoms with Crippen molar-refractivity contribution in [2.75, 3.05) is 26.2 Å². The highest BCUT2D eigenvalue weighted by Crippen LogP contribution is 2.38. The first-order valence-electron chi connectivity index (χ1n) is 8.30. The molecule has 0 bridgehead atoms. The van der Waals surface area contributed by atoms with E-state index in [9.17, 15) is 9.59 Å². The van der Waals surface area contributed by atoms with Crippen LogP contribution in [0.25, 0.3) is 10.8 Å². The van der Waals surface area contributed by atoms with Gasteiger partial charge in [-0.25, -0.2) is 4.90 Å². The van der Waals surface area contributed by atoms with Gasteiger partial charge < -0.3 is 14.2 Å². The van der Waals surface area contributed by atoms with Gasteiger partial charge in [0, 0.05) is 40.1 Å². The average molecular weight is 363 g/mol. The van der Waals surface area contributed by atoms with Crippen LogP contribution in [0, 0.1) is 0 Å². The fourth-order valence-electron chi connectivity index (χ4n) is 3.40. The molecule has 136 valence electrons.